The first-order chi connectivity index (χ1) is 12.0. The fourth-order valence-corrected chi connectivity index (χ4v) is 3.24. The summed E-state index contributed by atoms with van der Waals surface area (Å²) < 4.78 is 28.6. The number of nitrogens with zero attached hydrogens (tertiary/aromatic N) is 4. The molecule has 0 bridgehead atoms. The molecule has 1 unspecified atom stereocenters. The average Bonchev–Trinajstić information content (AvgIpc) is 3.12. The second kappa shape index (κ2) is 7.00. The molecule has 0 amide bonds. The summed E-state index contributed by atoms with van der Waals surface area (Å²) in [4.78, 5) is 12.0. The van der Waals surface area contributed by atoms with Gasteiger partial charge in [0.2, 0.25) is 0 Å². The molecule has 2 heterocycles. The number of nitro groups is 1. The highest BCUT2D eigenvalue weighted by atomic mass is 19.3. The molecule has 25 heavy (non-hydrogen) atoms. The fourth-order valence-electron chi connectivity index (χ4n) is 3.24. The number of aromatic nitrogens is 2. The van der Waals surface area contributed by atoms with Gasteiger partial charge in [-0.15, -0.1) is 0 Å². The van der Waals surface area contributed by atoms with Crippen molar-refractivity contribution in [2.24, 2.45) is 0 Å². The monoisotopic (exact) mass is 348 g/mol. The first-order valence-corrected chi connectivity index (χ1v) is 8.01. The third kappa shape index (κ3) is 3.52. The van der Waals surface area contributed by atoms with E-state index in [0.717, 1.165) is 11.8 Å². The van der Waals surface area contributed by atoms with Crippen LogP contribution in [0.3, 0.4) is 0 Å². The zero-order valence-electron chi connectivity index (χ0n) is 13.7. The summed E-state index contributed by atoms with van der Waals surface area (Å²) in [5, 5.41) is 14.8. The smallest absolute Gasteiger partial charge is 0.307 e. The largest absolute Gasteiger partial charge is 0.364 e. The van der Waals surface area contributed by atoms with Crippen molar-refractivity contribution >= 4 is 5.69 Å². The van der Waals surface area contributed by atoms with E-state index in [2.05, 4.69) is 5.10 Å². The molecule has 2 aromatic rings. The van der Waals surface area contributed by atoms with Crippen molar-refractivity contribution in [3.8, 4) is 0 Å². The van der Waals surface area contributed by atoms with Crippen LogP contribution in [0.25, 0.3) is 0 Å². The van der Waals surface area contributed by atoms with Crippen LogP contribution in [-0.4, -0.2) is 26.1 Å². The lowest BCUT2D eigenvalue weighted by atomic mass is 9.97. The van der Waals surface area contributed by atoms with Crippen LogP contribution in [-0.2, 0) is 0 Å². The number of piperidine rings is 1. The van der Waals surface area contributed by atoms with Crippen molar-refractivity contribution in [2.75, 3.05) is 6.54 Å². The molecule has 6 nitrogen and oxygen atoms in total. The van der Waals surface area contributed by atoms with E-state index in [0.29, 0.717) is 13.0 Å². The van der Waals surface area contributed by atoms with E-state index < -0.39 is 11.0 Å². The molecule has 2 atom stereocenters. The zero-order chi connectivity index (χ0) is 18.0. The van der Waals surface area contributed by atoms with Crippen molar-refractivity contribution in [3.05, 3.63) is 70.2 Å². The number of benzene rings is 1. The number of allylic oxidation sites excluding steroid dienone is 1. The minimum atomic E-state index is -1.71. The standard InChI is InChI=1S/C17H18F2N4O2/c1-12(13-5-3-2-4-6-13)21-8-7-14(9-16(21)17(18)19)22-11-15(10-20-22)23(24)25/h2-6,10-12,14H,7-9H2,1H3/t12-,14?/m1/s1. The Labute approximate surface area is 143 Å². The van der Waals surface area contributed by atoms with Gasteiger partial charge in [-0.3, -0.25) is 14.8 Å². The Morgan fingerprint density at radius 3 is 2.68 bits per heavy atom. The molecule has 0 saturated carbocycles. The normalized spacial score (nSPS) is 18.9. The van der Waals surface area contributed by atoms with Gasteiger partial charge >= 0.3 is 5.69 Å². The van der Waals surface area contributed by atoms with Gasteiger partial charge in [-0.1, -0.05) is 30.3 Å². The van der Waals surface area contributed by atoms with Gasteiger partial charge in [0.1, 0.15) is 12.4 Å². The molecule has 0 N–H and O–H groups in total. The summed E-state index contributed by atoms with van der Waals surface area (Å²) in [6, 6.07) is 9.00. The van der Waals surface area contributed by atoms with E-state index in [4.69, 9.17) is 0 Å². The molecule has 132 valence electrons. The second-order valence-corrected chi connectivity index (χ2v) is 6.07. The summed E-state index contributed by atoms with van der Waals surface area (Å²) in [5.41, 5.74) is 0.812. The van der Waals surface area contributed by atoms with Crippen LogP contribution in [0.2, 0.25) is 0 Å². The number of rotatable bonds is 4. The van der Waals surface area contributed by atoms with Crippen LogP contribution < -0.4 is 0 Å². The van der Waals surface area contributed by atoms with E-state index in [1.165, 1.54) is 10.9 Å². The number of hydrogen-bond acceptors (Lipinski definition) is 4. The lowest BCUT2D eigenvalue weighted by molar-refractivity contribution is -0.385. The Morgan fingerprint density at radius 1 is 1.36 bits per heavy atom. The SMILES string of the molecule is C[C@H](c1ccccc1)N1CCC(n2cc([N+](=O)[O-])cn2)CC1=C(F)F. The maximum Gasteiger partial charge on any atom is 0.307 e. The molecule has 0 aliphatic carbocycles. The molecule has 0 radical (unpaired) electrons. The van der Waals surface area contributed by atoms with Crippen molar-refractivity contribution in [1.29, 1.82) is 0 Å². The van der Waals surface area contributed by atoms with E-state index in [9.17, 15) is 18.9 Å². The Balaban J connectivity index is 1.81. The van der Waals surface area contributed by atoms with Crippen LogP contribution in [0.4, 0.5) is 14.5 Å². The predicted octanol–water partition coefficient (Wildman–Crippen LogP) is 4.30. The molecule has 0 spiro atoms. The van der Waals surface area contributed by atoms with Crippen molar-refractivity contribution in [1.82, 2.24) is 14.7 Å². The molecule has 1 aliphatic heterocycles. The van der Waals surface area contributed by atoms with Gasteiger partial charge in [-0.05, 0) is 18.9 Å². The first-order valence-electron chi connectivity index (χ1n) is 8.01. The quantitative estimate of drug-likeness (QED) is 0.610. The third-order valence-electron chi connectivity index (χ3n) is 4.62. The van der Waals surface area contributed by atoms with E-state index in [1.807, 2.05) is 37.3 Å². The number of halogens is 2. The van der Waals surface area contributed by atoms with Crippen LogP contribution >= 0.6 is 0 Å². The maximum atomic E-state index is 13.6. The summed E-state index contributed by atoms with van der Waals surface area (Å²) in [7, 11) is 0. The minimum absolute atomic E-state index is 0.0224. The van der Waals surface area contributed by atoms with Gasteiger partial charge in [0, 0.05) is 13.0 Å². The van der Waals surface area contributed by atoms with Crippen molar-refractivity contribution in [3.63, 3.8) is 0 Å². The molecule has 8 heteroatoms. The Kier molecular flexibility index (Phi) is 4.78. The molecule has 1 fully saturated rings. The fraction of sp³-hybridized carbons (Fsp3) is 0.353. The predicted molar refractivity (Wildman–Crippen MR) is 88.0 cm³/mol. The van der Waals surface area contributed by atoms with E-state index in [1.54, 1.807) is 4.90 Å². The number of hydrogen-bond donors (Lipinski definition) is 0. The Bertz CT molecular complexity index is 787. The average molecular weight is 348 g/mol. The van der Waals surface area contributed by atoms with Gasteiger partial charge in [-0.2, -0.15) is 13.9 Å². The Hall–Kier alpha value is -2.77. The summed E-state index contributed by atoms with van der Waals surface area (Å²) in [6.07, 6.45) is 1.42. The zero-order valence-corrected chi connectivity index (χ0v) is 13.7. The van der Waals surface area contributed by atoms with Gasteiger partial charge in [0.15, 0.2) is 0 Å². The molecular formula is C17H18F2N4O2. The minimum Gasteiger partial charge on any atom is -0.364 e. The third-order valence-corrected chi connectivity index (χ3v) is 4.62. The van der Waals surface area contributed by atoms with Gasteiger partial charge < -0.3 is 4.90 Å². The highest BCUT2D eigenvalue weighted by Gasteiger charge is 2.31. The first kappa shape index (κ1) is 17.1. The maximum absolute atomic E-state index is 13.6. The van der Waals surface area contributed by atoms with E-state index in [-0.39, 0.29) is 29.9 Å². The molecular weight excluding hydrogens is 330 g/mol. The molecule has 1 saturated heterocycles. The van der Waals surface area contributed by atoms with Crippen LogP contribution in [0.5, 0.6) is 0 Å². The summed E-state index contributed by atoms with van der Waals surface area (Å²) in [5.74, 6) is 0. The van der Waals surface area contributed by atoms with Gasteiger partial charge in [0.05, 0.1) is 22.7 Å². The molecule has 1 aliphatic rings. The summed E-state index contributed by atoms with van der Waals surface area (Å²) in [6.45, 7) is 2.33. The Morgan fingerprint density at radius 2 is 2.08 bits per heavy atom. The van der Waals surface area contributed by atoms with Crippen LogP contribution in [0.15, 0.2) is 54.5 Å². The molecule has 3 rings (SSSR count). The van der Waals surface area contributed by atoms with E-state index >= 15 is 0 Å². The lowest BCUT2D eigenvalue weighted by Crippen LogP contribution is -2.35. The number of likely N-dealkylation sites (tertiary alicyclic amines) is 1. The van der Waals surface area contributed by atoms with Crippen molar-refractivity contribution < 1.29 is 13.7 Å². The molecule has 1 aromatic heterocycles. The highest BCUT2D eigenvalue weighted by Crippen LogP contribution is 2.37. The van der Waals surface area contributed by atoms with Gasteiger partial charge in [0.25, 0.3) is 6.08 Å². The van der Waals surface area contributed by atoms with Crippen molar-refractivity contribution in [2.45, 2.75) is 31.8 Å². The van der Waals surface area contributed by atoms with Crippen LogP contribution in [0, 0.1) is 10.1 Å². The lowest BCUT2D eigenvalue weighted by Gasteiger charge is -2.39. The highest BCUT2D eigenvalue weighted by molar-refractivity contribution is 5.23. The van der Waals surface area contributed by atoms with Crippen LogP contribution in [0.1, 0.15) is 37.4 Å². The van der Waals surface area contributed by atoms with Gasteiger partial charge in [-0.25, -0.2) is 0 Å². The topological polar surface area (TPSA) is 64.2 Å². The second-order valence-electron chi connectivity index (χ2n) is 6.07. The molecule has 1 aromatic carbocycles. The summed E-state index contributed by atoms with van der Waals surface area (Å²) >= 11 is 0.